The monoisotopic (exact) mass is 570 g/mol. The molecular weight excluding hydrogens is 531 g/mol. The lowest BCUT2D eigenvalue weighted by Crippen LogP contribution is -2.36. The van der Waals surface area contributed by atoms with E-state index in [9.17, 15) is 0 Å². The Labute approximate surface area is 215 Å². The standard InChI is InChI=1S/C25H38N4O3.HI/c1-7-26-25(27-16-19-11-10-12-20(13-19)18-29(8-2)9-3)28-17-21-14-22(30-4)24(32-6)23(15-21)31-5;/h10-15H,7-9,16-18H2,1-6H3,(H2,26,27,28);1H. The lowest BCUT2D eigenvalue weighted by molar-refractivity contribution is 0.296. The number of hydrogen-bond donors (Lipinski definition) is 2. The normalized spacial score (nSPS) is 11.1. The predicted molar refractivity (Wildman–Crippen MR) is 146 cm³/mol. The van der Waals surface area contributed by atoms with E-state index < -0.39 is 0 Å². The topological polar surface area (TPSA) is 67.4 Å². The highest BCUT2D eigenvalue weighted by atomic mass is 127. The van der Waals surface area contributed by atoms with Crippen LogP contribution in [0, 0.1) is 0 Å². The van der Waals surface area contributed by atoms with Gasteiger partial charge in [0.25, 0.3) is 0 Å². The third-order valence-corrected chi connectivity index (χ3v) is 5.24. The average Bonchev–Trinajstić information content (AvgIpc) is 2.83. The molecule has 0 amide bonds. The van der Waals surface area contributed by atoms with E-state index in [4.69, 9.17) is 19.2 Å². The third-order valence-electron chi connectivity index (χ3n) is 5.24. The molecule has 33 heavy (non-hydrogen) atoms. The molecule has 0 aliphatic rings. The maximum Gasteiger partial charge on any atom is 0.203 e. The van der Waals surface area contributed by atoms with Crippen LogP contribution < -0.4 is 24.8 Å². The molecule has 0 spiro atoms. The lowest BCUT2D eigenvalue weighted by Gasteiger charge is -2.18. The minimum absolute atomic E-state index is 0. The number of nitrogens with zero attached hydrogens (tertiary/aromatic N) is 2. The van der Waals surface area contributed by atoms with Gasteiger partial charge in [0.05, 0.1) is 27.9 Å². The molecule has 2 aromatic rings. The first kappa shape index (κ1) is 28.8. The summed E-state index contributed by atoms with van der Waals surface area (Å²) in [6, 6.07) is 12.5. The Hall–Kier alpha value is -2.20. The molecule has 2 rings (SSSR count). The summed E-state index contributed by atoms with van der Waals surface area (Å²) in [5.74, 6) is 2.59. The van der Waals surface area contributed by atoms with Crippen molar-refractivity contribution in [1.82, 2.24) is 15.5 Å². The second-order valence-corrected chi connectivity index (χ2v) is 7.36. The molecule has 0 aromatic heterocycles. The molecule has 0 bridgehead atoms. The molecule has 0 unspecified atom stereocenters. The van der Waals surface area contributed by atoms with Gasteiger partial charge in [-0.2, -0.15) is 0 Å². The van der Waals surface area contributed by atoms with Crippen molar-refractivity contribution in [2.24, 2.45) is 4.99 Å². The Kier molecular flexibility index (Phi) is 13.6. The molecule has 0 saturated carbocycles. The maximum absolute atomic E-state index is 5.45. The van der Waals surface area contributed by atoms with Crippen LogP contribution in [0.4, 0.5) is 0 Å². The Morgan fingerprint density at radius 3 is 2.03 bits per heavy atom. The van der Waals surface area contributed by atoms with Crippen LogP contribution in [0.25, 0.3) is 0 Å². The maximum atomic E-state index is 5.45. The number of aliphatic imine (C=N–C) groups is 1. The van der Waals surface area contributed by atoms with Gasteiger partial charge in [0, 0.05) is 19.6 Å². The number of halogens is 1. The van der Waals surface area contributed by atoms with Crippen LogP contribution in [-0.2, 0) is 19.6 Å². The van der Waals surface area contributed by atoms with E-state index in [0.717, 1.165) is 37.7 Å². The average molecular weight is 571 g/mol. The van der Waals surface area contributed by atoms with Gasteiger partial charge in [-0.05, 0) is 48.8 Å². The molecular formula is C25H39IN4O3. The summed E-state index contributed by atoms with van der Waals surface area (Å²) in [6.45, 7) is 11.5. The van der Waals surface area contributed by atoms with Gasteiger partial charge in [-0.25, -0.2) is 4.99 Å². The first-order valence-corrected chi connectivity index (χ1v) is 11.2. The molecule has 0 radical (unpaired) electrons. The van der Waals surface area contributed by atoms with Gasteiger partial charge >= 0.3 is 0 Å². The molecule has 7 nitrogen and oxygen atoms in total. The van der Waals surface area contributed by atoms with E-state index in [1.807, 2.05) is 12.1 Å². The van der Waals surface area contributed by atoms with Crippen molar-refractivity contribution in [1.29, 1.82) is 0 Å². The van der Waals surface area contributed by atoms with Gasteiger partial charge in [0.2, 0.25) is 5.75 Å². The van der Waals surface area contributed by atoms with Crippen molar-refractivity contribution in [3.8, 4) is 17.2 Å². The molecule has 0 heterocycles. The van der Waals surface area contributed by atoms with Crippen LogP contribution in [0.3, 0.4) is 0 Å². The van der Waals surface area contributed by atoms with Gasteiger partial charge < -0.3 is 24.8 Å². The fourth-order valence-corrected chi connectivity index (χ4v) is 3.47. The van der Waals surface area contributed by atoms with Crippen LogP contribution in [-0.4, -0.2) is 51.8 Å². The van der Waals surface area contributed by atoms with E-state index >= 15 is 0 Å². The lowest BCUT2D eigenvalue weighted by atomic mass is 10.1. The summed E-state index contributed by atoms with van der Waals surface area (Å²) in [7, 11) is 4.83. The molecule has 0 saturated heterocycles. The van der Waals surface area contributed by atoms with Gasteiger partial charge in [-0.3, -0.25) is 4.90 Å². The zero-order valence-corrected chi connectivity index (χ0v) is 23.1. The highest BCUT2D eigenvalue weighted by Gasteiger charge is 2.13. The number of ether oxygens (including phenoxy) is 3. The first-order chi connectivity index (χ1) is 15.6. The highest BCUT2D eigenvalue weighted by molar-refractivity contribution is 14.0. The molecule has 184 valence electrons. The SMILES string of the molecule is CCNC(=NCc1cc(OC)c(OC)c(OC)c1)NCc1cccc(CN(CC)CC)c1.I. The van der Waals surface area contributed by atoms with Crippen molar-refractivity contribution >= 4 is 29.9 Å². The second-order valence-electron chi connectivity index (χ2n) is 7.36. The Morgan fingerprint density at radius 1 is 0.848 bits per heavy atom. The molecule has 0 aliphatic heterocycles. The van der Waals surface area contributed by atoms with Crippen molar-refractivity contribution in [2.75, 3.05) is 41.0 Å². The molecule has 2 aromatic carbocycles. The molecule has 0 aliphatic carbocycles. The zero-order chi connectivity index (χ0) is 23.3. The summed E-state index contributed by atoms with van der Waals surface area (Å²) in [4.78, 5) is 7.15. The van der Waals surface area contributed by atoms with Gasteiger partial charge in [-0.1, -0.05) is 38.1 Å². The fourth-order valence-electron chi connectivity index (χ4n) is 3.47. The second kappa shape index (κ2) is 15.6. The summed E-state index contributed by atoms with van der Waals surface area (Å²) in [6.07, 6.45) is 0. The van der Waals surface area contributed by atoms with E-state index in [0.29, 0.717) is 30.3 Å². The number of hydrogen-bond acceptors (Lipinski definition) is 5. The van der Waals surface area contributed by atoms with Crippen LogP contribution in [0.2, 0.25) is 0 Å². The summed E-state index contributed by atoms with van der Waals surface area (Å²) < 4.78 is 16.3. The molecule has 0 fully saturated rings. The number of methoxy groups -OCH3 is 3. The van der Waals surface area contributed by atoms with Crippen LogP contribution in [0.15, 0.2) is 41.4 Å². The summed E-state index contributed by atoms with van der Waals surface area (Å²) in [5, 5.41) is 6.74. The van der Waals surface area contributed by atoms with Crippen molar-refractivity contribution in [2.45, 2.75) is 40.4 Å². The summed E-state index contributed by atoms with van der Waals surface area (Å²) >= 11 is 0. The minimum atomic E-state index is 0. The molecule has 2 N–H and O–H groups in total. The van der Waals surface area contributed by atoms with Crippen LogP contribution in [0.5, 0.6) is 17.2 Å². The number of benzene rings is 2. The van der Waals surface area contributed by atoms with Crippen molar-refractivity contribution in [3.63, 3.8) is 0 Å². The van der Waals surface area contributed by atoms with E-state index in [1.165, 1.54) is 11.1 Å². The van der Waals surface area contributed by atoms with E-state index in [1.54, 1.807) is 21.3 Å². The Bertz CT molecular complexity index is 847. The molecule has 0 atom stereocenters. The van der Waals surface area contributed by atoms with E-state index in [2.05, 4.69) is 60.6 Å². The number of rotatable bonds is 12. The number of guanidine groups is 1. The smallest absolute Gasteiger partial charge is 0.203 e. The Morgan fingerprint density at radius 2 is 1.48 bits per heavy atom. The molecule has 8 heteroatoms. The quantitative estimate of drug-likeness (QED) is 0.224. The van der Waals surface area contributed by atoms with Gasteiger partial charge in [0.15, 0.2) is 17.5 Å². The largest absolute Gasteiger partial charge is 0.493 e. The summed E-state index contributed by atoms with van der Waals surface area (Å²) in [5.41, 5.74) is 3.53. The number of nitrogens with one attached hydrogen (secondary N) is 2. The van der Waals surface area contributed by atoms with Crippen LogP contribution >= 0.6 is 24.0 Å². The Balaban J connectivity index is 0.00000544. The van der Waals surface area contributed by atoms with E-state index in [-0.39, 0.29) is 24.0 Å². The van der Waals surface area contributed by atoms with Crippen LogP contribution in [0.1, 0.15) is 37.5 Å². The predicted octanol–water partition coefficient (Wildman–Crippen LogP) is 4.43. The highest BCUT2D eigenvalue weighted by Crippen LogP contribution is 2.38. The zero-order valence-electron chi connectivity index (χ0n) is 20.7. The van der Waals surface area contributed by atoms with Gasteiger partial charge in [-0.15, -0.1) is 24.0 Å². The van der Waals surface area contributed by atoms with Gasteiger partial charge in [0.1, 0.15) is 0 Å². The third kappa shape index (κ3) is 8.92. The van der Waals surface area contributed by atoms with Crippen molar-refractivity contribution in [3.05, 3.63) is 53.1 Å². The fraction of sp³-hybridized carbons (Fsp3) is 0.480. The minimum Gasteiger partial charge on any atom is -0.493 e. The van der Waals surface area contributed by atoms with Crippen molar-refractivity contribution < 1.29 is 14.2 Å². The first-order valence-electron chi connectivity index (χ1n) is 11.2.